The number of rotatable bonds is 3. The molecule has 2 aromatic carbocycles. The van der Waals surface area contributed by atoms with E-state index in [1.165, 1.54) is 17.7 Å². The van der Waals surface area contributed by atoms with Gasteiger partial charge in [0.2, 0.25) is 0 Å². The van der Waals surface area contributed by atoms with Crippen molar-refractivity contribution >= 4 is 0 Å². The lowest BCUT2D eigenvalue weighted by molar-refractivity contribution is 0.612. The molecule has 0 amide bonds. The lowest BCUT2D eigenvalue weighted by Gasteiger charge is -2.19. The highest BCUT2D eigenvalue weighted by atomic mass is 19.1. The maximum Gasteiger partial charge on any atom is 0.123 e. The van der Waals surface area contributed by atoms with Crippen LogP contribution in [0.2, 0.25) is 0 Å². The normalized spacial score (nSPS) is 12.4. The molecule has 0 heterocycles. The Balaban J connectivity index is 2.41. The van der Waals surface area contributed by atoms with Crippen molar-refractivity contribution in [2.24, 2.45) is 5.84 Å². The van der Waals surface area contributed by atoms with E-state index in [0.717, 1.165) is 16.7 Å². The first-order valence-corrected chi connectivity index (χ1v) is 5.90. The second kappa shape index (κ2) is 5.29. The van der Waals surface area contributed by atoms with Gasteiger partial charge in [0, 0.05) is 0 Å². The number of benzene rings is 2. The second-order valence-corrected chi connectivity index (χ2v) is 4.51. The van der Waals surface area contributed by atoms with Crippen molar-refractivity contribution < 1.29 is 4.39 Å². The van der Waals surface area contributed by atoms with Crippen LogP contribution in [0.1, 0.15) is 28.3 Å². The van der Waals surface area contributed by atoms with Crippen LogP contribution < -0.4 is 11.3 Å². The van der Waals surface area contributed by atoms with Crippen LogP contribution in [-0.4, -0.2) is 0 Å². The molecule has 94 valence electrons. The molecular weight excluding hydrogens is 227 g/mol. The fraction of sp³-hybridized carbons (Fsp3) is 0.200. The zero-order valence-electron chi connectivity index (χ0n) is 10.6. The number of hydrogen-bond donors (Lipinski definition) is 2. The second-order valence-electron chi connectivity index (χ2n) is 4.51. The van der Waals surface area contributed by atoms with Gasteiger partial charge < -0.3 is 0 Å². The number of aryl methyl sites for hydroxylation is 2. The molecule has 18 heavy (non-hydrogen) atoms. The van der Waals surface area contributed by atoms with E-state index in [9.17, 15) is 4.39 Å². The molecule has 0 aliphatic carbocycles. The summed E-state index contributed by atoms with van der Waals surface area (Å²) in [5.41, 5.74) is 6.93. The molecule has 3 heteroatoms. The number of halogens is 1. The van der Waals surface area contributed by atoms with E-state index in [1.807, 2.05) is 38.1 Å². The van der Waals surface area contributed by atoms with Crippen LogP contribution in [0.25, 0.3) is 0 Å². The molecule has 0 fully saturated rings. The molecule has 2 rings (SSSR count). The molecule has 0 aliphatic heterocycles. The number of nitrogens with two attached hydrogens (primary N) is 1. The molecule has 2 aromatic rings. The molecule has 0 spiro atoms. The first-order chi connectivity index (χ1) is 8.61. The fourth-order valence-electron chi connectivity index (χ4n) is 2.09. The van der Waals surface area contributed by atoms with Gasteiger partial charge in [-0.05, 0) is 42.7 Å². The maximum atomic E-state index is 13.1. The van der Waals surface area contributed by atoms with Gasteiger partial charge in [-0.1, -0.05) is 35.9 Å². The number of hydrogen-bond acceptors (Lipinski definition) is 2. The van der Waals surface area contributed by atoms with E-state index in [4.69, 9.17) is 5.84 Å². The molecule has 0 saturated heterocycles. The fourth-order valence-corrected chi connectivity index (χ4v) is 2.09. The Labute approximate surface area is 107 Å². The topological polar surface area (TPSA) is 38.0 Å². The van der Waals surface area contributed by atoms with Crippen molar-refractivity contribution in [2.75, 3.05) is 0 Å². The van der Waals surface area contributed by atoms with Gasteiger partial charge in [0.25, 0.3) is 0 Å². The third-order valence-corrected chi connectivity index (χ3v) is 3.12. The minimum atomic E-state index is -0.226. The van der Waals surface area contributed by atoms with Gasteiger partial charge in [-0.15, -0.1) is 0 Å². The van der Waals surface area contributed by atoms with Crippen LogP contribution in [-0.2, 0) is 0 Å². The lowest BCUT2D eigenvalue weighted by Crippen LogP contribution is -2.29. The average molecular weight is 244 g/mol. The summed E-state index contributed by atoms with van der Waals surface area (Å²) in [6, 6.07) is 12.8. The van der Waals surface area contributed by atoms with Crippen molar-refractivity contribution in [2.45, 2.75) is 19.9 Å². The monoisotopic (exact) mass is 244 g/mol. The Morgan fingerprint density at radius 3 is 2.28 bits per heavy atom. The standard InChI is InChI=1S/C15H17FN2/c1-10-3-5-12(6-4-10)15(18-17)14-8-7-13(16)9-11(14)2/h3-9,15,18H,17H2,1-2H3. The zero-order chi connectivity index (χ0) is 13.1. The SMILES string of the molecule is Cc1ccc(C(NN)c2ccc(F)cc2C)cc1. The summed E-state index contributed by atoms with van der Waals surface area (Å²) < 4.78 is 13.1. The van der Waals surface area contributed by atoms with Gasteiger partial charge in [-0.2, -0.15) is 0 Å². The maximum absolute atomic E-state index is 13.1. The smallest absolute Gasteiger partial charge is 0.123 e. The van der Waals surface area contributed by atoms with E-state index in [1.54, 1.807) is 6.07 Å². The Morgan fingerprint density at radius 1 is 1.06 bits per heavy atom. The minimum Gasteiger partial charge on any atom is -0.271 e. The molecular formula is C15H17FN2. The van der Waals surface area contributed by atoms with E-state index < -0.39 is 0 Å². The van der Waals surface area contributed by atoms with E-state index in [0.29, 0.717) is 0 Å². The first kappa shape index (κ1) is 12.7. The Morgan fingerprint density at radius 2 is 1.72 bits per heavy atom. The van der Waals surface area contributed by atoms with Crippen molar-refractivity contribution in [3.05, 3.63) is 70.5 Å². The molecule has 1 unspecified atom stereocenters. The van der Waals surface area contributed by atoms with Crippen molar-refractivity contribution in [3.8, 4) is 0 Å². The predicted molar refractivity (Wildman–Crippen MR) is 71.5 cm³/mol. The van der Waals surface area contributed by atoms with E-state index in [2.05, 4.69) is 5.43 Å². The Kier molecular flexibility index (Phi) is 3.75. The van der Waals surface area contributed by atoms with Crippen molar-refractivity contribution in [1.82, 2.24) is 5.43 Å². The minimum absolute atomic E-state index is 0.119. The summed E-state index contributed by atoms with van der Waals surface area (Å²) in [6.07, 6.45) is 0. The van der Waals surface area contributed by atoms with Gasteiger partial charge in [0.1, 0.15) is 5.82 Å². The Bertz CT molecular complexity index is 535. The highest BCUT2D eigenvalue weighted by molar-refractivity contribution is 5.37. The van der Waals surface area contributed by atoms with Crippen LogP contribution >= 0.6 is 0 Å². The third kappa shape index (κ3) is 2.58. The summed E-state index contributed by atoms with van der Waals surface area (Å²) in [7, 11) is 0. The largest absolute Gasteiger partial charge is 0.271 e. The molecule has 0 aromatic heterocycles. The summed E-state index contributed by atoms with van der Waals surface area (Å²) in [4.78, 5) is 0. The molecule has 0 bridgehead atoms. The van der Waals surface area contributed by atoms with Gasteiger partial charge in [-0.25, -0.2) is 9.82 Å². The molecule has 0 saturated carbocycles. The van der Waals surface area contributed by atoms with Gasteiger partial charge in [0.15, 0.2) is 0 Å². The summed E-state index contributed by atoms with van der Waals surface area (Å²) in [5.74, 6) is 5.41. The predicted octanol–water partition coefficient (Wildman–Crippen LogP) is 3.00. The van der Waals surface area contributed by atoms with Crippen molar-refractivity contribution in [1.29, 1.82) is 0 Å². The third-order valence-electron chi connectivity index (χ3n) is 3.12. The highest BCUT2D eigenvalue weighted by Crippen LogP contribution is 2.25. The lowest BCUT2D eigenvalue weighted by atomic mass is 9.95. The molecule has 2 nitrogen and oxygen atoms in total. The number of nitrogens with one attached hydrogen (secondary N) is 1. The van der Waals surface area contributed by atoms with Gasteiger partial charge >= 0.3 is 0 Å². The van der Waals surface area contributed by atoms with E-state index >= 15 is 0 Å². The molecule has 0 radical (unpaired) electrons. The van der Waals surface area contributed by atoms with Gasteiger partial charge in [0.05, 0.1) is 6.04 Å². The summed E-state index contributed by atoms with van der Waals surface area (Å²) >= 11 is 0. The molecule has 3 N–H and O–H groups in total. The summed E-state index contributed by atoms with van der Waals surface area (Å²) in [5, 5.41) is 0. The van der Waals surface area contributed by atoms with Gasteiger partial charge in [-0.3, -0.25) is 5.84 Å². The summed E-state index contributed by atoms with van der Waals surface area (Å²) in [6.45, 7) is 3.93. The highest BCUT2D eigenvalue weighted by Gasteiger charge is 2.14. The molecule has 0 aliphatic rings. The quantitative estimate of drug-likeness (QED) is 0.643. The van der Waals surface area contributed by atoms with E-state index in [-0.39, 0.29) is 11.9 Å². The van der Waals surface area contributed by atoms with Crippen LogP contribution in [0, 0.1) is 19.7 Å². The Hall–Kier alpha value is -1.71. The van der Waals surface area contributed by atoms with Crippen molar-refractivity contribution in [3.63, 3.8) is 0 Å². The number of hydrazine groups is 1. The first-order valence-electron chi connectivity index (χ1n) is 5.90. The molecule has 1 atom stereocenters. The van der Waals surface area contributed by atoms with Crippen LogP contribution in [0.5, 0.6) is 0 Å². The zero-order valence-corrected chi connectivity index (χ0v) is 10.6. The van der Waals surface area contributed by atoms with Crippen LogP contribution in [0.4, 0.5) is 4.39 Å². The average Bonchev–Trinajstić information content (AvgIpc) is 2.35. The van der Waals surface area contributed by atoms with Crippen LogP contribution in [0.3, 0.4) is 0 Å². The van der Waals surface area contributed by atoms with Crippen LogP contribution in [0.15, 0.2) is 42.5 Å².